The SMILES string of the molecule is COCC(C)(C)c1nc(O[C@H]2C[C@@H](C(=O)O)C2)c2cc(O)ccc2c1-c1ccc(F)cc1. The predicted molar refractivity (Wildman–Crippen MR) is 118 cm³/mol. The molecule has 2 N–H and O–H groups in total. The van der Waals surface area contributed by atoms with E-state index in [2.05, 4.69) is 0 Å². The van der Waals surface area contributed by atoms with Gasteiger partial charge in [0, 0.05) is 23.5 Å². The molecule has 1 heterocycles. The summed E-state index contributed by atoms with van der Waals surface area (Å²) in [7, 11) is 1.62. The van der Waals surface area contributed by atoms with Gasteiger partial charge in [-0.3, -0.25) is 4.79 Å². The number of benzene rings is 2. The van der Waals surface area contributed by atoms with Crippen LogP contribution in [-0.4, -0.2) is 41.0 Å². The zero-order valence-electron chi connectivity index (χ0n) is 18.3. The minimum atomic E-state index is -0.825. The van der Waals surface area contributed by atoms with Crippen LogP contribution in [0.15, 0.2) is 42.5 Å². The zero-order chi connectivity index (χ0) is 23.0. The first kappa shape index (κ1) is 22.0. The fourth-order valence-electron chi connectivity index (χ4n) is 4.21. The van der Waals surface area contributed by atoms with E-state index in [0.717, 1.165) is 16.5 Å². The van der Waals surface area contributed by atoms with Crippen molar-refractivity contribution in [3.8, 4) is 22.8 Å². The second-order valence-corrected chi connectivity index (χ2v) is 8.94. The Labute approximate surface area is 185 Å². The second-order valence-electron chi connectivity index (χ2n) is 8.94. The molecule has 6 nitrogen and oxygen atoms in total. The van der Waals surface area contributed by atoms with Crippen LogP contribution in [0.5, 0.6) is 11.6 Å². The van der Waals surface area contributed by atoms with Gasteiger partial charge in [-0.05, 0) is 54.1 Å². The van der Waals surface area contributed by atoms with Gasteiger partial charge in [-0.25, -0.2) is 9.37 Å². The average molecular weight is 439 g/mol. The zero-order valence-corrected chi connectivity index (χ0v) is 18.3. The predicted octanol–water partition coefficient (Wildman–Crippen LogP) is 4.91. The molecule has 0 spiro atoms. The molecule has 1 aromatic heterocycles. The lowest BCUT2D eigenvalue weighted by Gasteiger charge is -2.33. The van der Waals surface area contributed by atoms with Crippen molar-refractivity contribution in [3.05, 3.63) is 54.0 Å². The first-order valence-corrected chi connectivity index (χ1v) is 10.5. The van der Waals surface area contributed by atoms with Gasteiger partial charge in [-0.15, -0.1) is 0 Å². The summed E-state index contributed by atoms with van der Waals surface area (Å²) in [6.07, 6.45) is 0.561. The Morgan fingerprint density at radius 3 is 2.47 bits per heavy atom. The van der Waals surface area contributed by atoms with E-state index in [1.165, 1.54) is 12.1 Å². The Morgan fingerprint density at radius 2 is 1.84 bits per heavy atom. The molecule has 0 aliphatic heterocycles. The third kappa shape index (κ3) is 4.12. The molecule has 7 heteroatoms. The maximum atomic E-state index is 13.6. The second kappa shape index (κ2) is 8.39. The van der Waals surface area contributed by atoms with Crippen molar-refractivity contribution in [1.29, 1.82) is 0 Å². The molecule has 3 aromatic rings. The molecule has 32 heavy (non-hydrogen) atoms. The number of carboxylic acid groups (broad SMARTS) is 1. The number of hydrogen-bond donors (Lipinski definition) is 2. The summed E-state index contributed by atoms with van der Waals surface area (Å²) < 4.78 is 25.2. The number of nitrogens with zero attached hydrogens (tertiary/aromatic N) is 1. The van der Waals surface area contributed by atoms with Crippen LogP contribution in [0.1, 0.15) is 32.4 Å². The highest BCUT2D eigenvalue weighted by Crippen LogP contribution is 2.43. The standard InChI is InChI=1S/C25H26FNO5/c1-25(2,13-31-3)22-21(14-4-6-16(26)7-5-14)19-9-8-17(28)12-20(19)23(27-22)32-18-10-15(11-18)24(29)30/h4-9,12,15,18,28H,10-11,13H2,1-3H3,(H,29,30)/t15-,18+. The van der Waals surface area contributed by atoms with Crippen LogP contribution in [0.25, 0.3) is 21.9 Å². The molecule has 1 fully saturated rings. The molecule has 0 radical (unpaired) electrons. The van der Waals surface area contributed by atoms with Gasteiger partial charge in [0.25, 0.3) is 0 Å². The van der Waals surface area contributed by atoms with Crippen molar-refractivity contribution < 1.29 is 28.9 Å². The van der Waals surface area contributed by atoms with E-state index in [1.807, 2.05) is 13.8 Å². The number of pyridine rings is 1. The lowest BCUT2D eigenvalue weighted by Crippen LogP contribution is -2.38. The molecular weight excluding hydrogens is 413 g/mol. The molecule has 1 aliphatic carbocycles. The molecule has 1 aliphatic rings. The summed E-state index contributed by atoms with van der Waals surface area (Å²) in [5, 5.41) is 20.7. The average Bonchev–Trinajstić information content (AvgIpc) is 2.70. The van der Waals surface area contributed by atoms with Crippen molar-refractivity contribution in [3.63, 3.8) is 0 Å². The van der Waals surface area contributed by atoms with Gasteiger partial charge in [0.15, 0.2) is 0 Å². The van der Waals surface area contributed by atoms with Gasteiger partial charge < -0.3 is 19.7 Å². The van der Waals surface area contributed by atoms with Crippen molar-refractivity contribution in [2.75, 3.05) is 13.7 Å². The molecule has 0 saturated heterocycles. The maximum Gasteiger partial charge on any atom is 0.306 e. The summed E-state index contributed by atoms with van der Waals surface area (Å²) in [6.45, 7) is 4.40. The van der Waals surface area contributed by atoms with Gasteiger partial charge in [0.05, 0.1) is 18.2 Å². The fraction of sp³-hybridized carbons (Fsp3) is 0.360. The Balaban J connectivity index is 1.91. The number of hydrogen-bond acceptors (Lipinski definition) is 5. The van der Waals surface area contributed by atoms with Gasteiger partial charge >= 0.3 is 5.97 Å². The third-order valence-electron chi connectivity index (χ3n) is 5.95. The Hall–Kier alpha value is -3.19. The highest BCUT2D eigenvalue weighted by molar-refractivity contribution is 6.01. The molecule has 0 unspecified atom stereocenters. The lowest BCUT2D eigenvalue weighted by atomic mass is 9.82. The number of rotatable bonds is 7. The molecule has 4 rings (SSSR count). The summed E-state index contributed by atoms with van der Waals surface area (Å²) >= 11 is 0. The third-order valence-corrected chi connectivity index (χ3v) is 5.95. The van der Waals surface area contributed by atoms with E-state index < -0.39 is 17.3 Å². The van der Waals surface area contributed by atoms with Crippen molar-refractivity contribution in [1.82, 2.24) is 4.98 Å². The Morgan fingerprint density at radius 1 is 1.16 bits per heavy atom. The van der Waals surface area contributed by atoms with E-state index in [4.69, 9.17) is 14.5 Å². The summed E-state index contributed by atoms with van der Waals surface area (Å²) in [5.74, 6) is -1.17. The van der Waals surface area contributed by atoms with Crippen LogP contribution in [-0.2, 0) is 14.9 Å². The van der Waals surface area contributed by atoms with E-state index >= 15 is 0 Å². The number of aromatic hydroxyl groups is 1. The molecule has 1 saturated carbocycles. The smallest absolute Gasteiger partial charge is 0.306 e. The molecule has 2 aromatic carbocycles. The van der Waals surface area contributed by atoms with Gasteiger partial charge in [0.2, 0.25) is 5.88 Å². The molecule has 0 bridgehead atoms. The highest BCUT2D eigenvalue weighted by atomic mass is 19.1. The van der Waals surface area contributed by atoms with E-state index in [1.54, 1.807) is 37.4 Å². The quantitative estimate of drug-likeness (QED) is 0.544. The number of phenols is 1. The van der Waals surface area contributed by atoms with Crippen LogP contribution >= 0.6 is 0 Å². The Bertz CT molecular complexity index is 1150. The van der Waals surface area contributed by atoms with Gasteiger partial charge in [-0.1, -0.05) is 26.0 Å². The summed E-state index contributed by atoms with van der Waals surface area (Å²) in [5.41, 5.74) is 1.81. The fourth-order valence-corrected chi connectivity index (χ4v) is 4.21. The molecule has 0 amide bonds. The van der Waals surface area contributed by atoms with Gasteiger partial charge in [0.1, 0.15) is 17.7 Å². The van der Waals surface area contributed by atoms with Crippen molar-refractivity contribution in [2.24, 2.45) is 5.92 Å². The number of carboxylic acids is 1. The molecule has 168 valence electrons. The number of phenolic OH excluding ortho intramolecular Hbond substituents is 1. The highest BCUT2D eigenvalue weighted by Gasteiger charge is 2.37. The van der Waals surface area contributed by atoms with Crippen LogP contribution in [0.4, 0.5) is 4.39 Å². The van der Waals surface area contributed by atoms with Crippen molar-refractivity contribution in [2.45, 2.75) is 38.2 Å². The van der Waals surface area contributed by atoms with Crippen LogP contribution in [0.3, 0.4) is 0 Å². The minimum Gasteiger partial charge on any atom is -0.508 e. The maximum absolute atomic E-state index is 13.6. The molecule has 0 atom stereocenters. The number of halogens is 1. The largest absolute Gasteiger partial charge is 0.508 e. The summed E-state index contributed by atoms with van der Waals surface area (Å²) in [6, 6.07) is 11.2. The molecular formula is C25H26FNO5. The minimum absolute atomic E-state index is 0.0649. The number of carbonyl (C=O) groups is 1. The summed E-state index contributed by atoms with van der Waals surface area (Å²) in [4.78, 5) is 16.0. The Kier molecular flexibility index (Phi) is 5.77. The van der Waals surface area contributed by atoms with Gasteiger partial charge in [-0.2, -0.15) is 0 Å². The first-order valence-electron chi connectivity index (χ1n) is 10.5. The lowest BCUT2D eigenvalue weighted by molar-refractivity contribution is -0.148. The first-order chi connectivity index (χ1) is 15.2. The van der Waals surface area contributed by atoms with E-state index in [0.29, 0.717) is 36.4 Å². The number of ether oxygens (including phenoxy) is 2. The van der Waals surface area contributed by atoms with Crippen LogP contribution in [0, 0.1) is 11.7 Å². The normalized spacial score (nSPS) is 18.4. The van der Waals surface area contributed by atoms with E-state index in [-0.39, 0.29) is 17.7 Å². The number of fused-ring (bicyclic) bond motifs is 1. The van der Waals surface area contributed by atoms with Crippen LogP contribution in [0.2, 0.25) is 0 Å². The number of methoxy groups -OCH3 is 1. The van der Waals surface area contributed by atoms with Crippen molar-refractivity contribution >= 4 is 16.7 Å². The number of aliphatic carboxylic acids is 1. The van der Waals surface area contributed by atoms with E-state index in [9.17, 15) is 19.4 Å². The number of aromatic nitrogens is 1. The topological polar surface area (TPSA) is 88.9 Å². The van der Waals surface area contributed by atoms with Crippen LogP contribution < -0.4 is 4.74 Å². The monoisotopic (exact) mass is 439 g/mol.